The summed E-state index contributed by atoms with van der Waals surface area (Å²) in [5.74, 6) is 7.20. The van der Waals surface area contributed by atoms with Crippen LogP contribution in [0, 0.1) is 51.8 Å². The minimum atomic E-state index is -0.886. The predicted octanol–water partition coefficient (Wildman–Crippen LogP) is 5.13. The van der Waals surface area contributed by atoms with Crippen molar-refractivity contribution in [2.24, 2.45) is 28.6 Å². The largest absolute Gasteiger partial charge is 0.489 e. The lowest BCUT2D eigenvalue weighted by Crippen LogP contribution is -2.74. The van der Waals surface area contributed by atoms with Crippen LogP contribution < -0.4 is 25.8 Å². The van der Waals surface area contributed by atoms with Gasteiger partial charge in [-0.3, -0.25) is 29.3 Å². The van der Waals surface area contributed by atoms with Gasteiger partial charge in [0.2, 0.25) is 11.8 Å². The average Bonchev–Trinajstić information content (AvgIpc) is 3.31. The first-order valence-corrected chi connectivity index (χ1v) is 24.1. The number of piperidine rings is 3. The quantitative estimate of drug-likeness (QED) is 0.158. The number of hydrogen-bond donors (Lipinski definition) is 2. The maximum atomic E-state index is 13.5. The Hall–Kier alpha value is -6.36. The van der Waals surface area contributed by atoms with Crippen LogP contribution in [-0.2, 0) is 14.4 Å². The van der Waals surface area contributed by atoms with Gasteiger partial charge in [-0.25, -0.2) is 4.98 Å². The molecule has 2 aromatic heterocycles. The fourth-order valence-corrected chi connectivity index (χ4v) is 11.4. The fraction of sp³-hybridized carbons (Fsp3) is 0.510. The third-order valence-electron chi connectivity index (χ3n) is 15.0. The van der Waals surface area contributed by atoms with E-state index in [9.17, 15) is 29.2 Å². The molecule has 17 heteroatoms. The highest BCUT2D eigenvalue weighted by Crippen LogP contribution is 2.55. The van der Waals surface area contributed by atoms with Crippen molar-refractivity contribution in [2.45, 2.75) is 90.8 Å². The molecule has 2 aromatic carbocycles. The van der Waals surface area contributed by atoms with Crippen molar-refractivity contribution in [3.05, 3.63) is 86.9 Å². The first-order valence-electron chi connectivity index (χ1n) is 23.7. The highest BCUT2D eigenvalue weighted by atomic mass is 35.5. The first kappa shape index (κ1) is 46.7. The second-order valence-corrected chi connectivity index (χ2v) is 20.8. The number of nitrogens with one attached hydrogen (secondary N) is 2. The van der Waals surface area contributed by atoms with Gasteiger partial charge in [0, 0.05) is 80.4 Å². The molecule has 0 spiro atoms. The number of hydrogen-bond acceptors (Lipinski definition) is 12. The Morgan fingerprint density at radius 2 is 1.66 bits per heavy atom. The predicted molar refractivity (Wildman–Crippen MR) is 255 cm³/mol. The molecule has 1 atom stereocenters. The number of amides is 4. The van der Waals surface area contributed by atoms with E-state index in [1.54, 1.807) is 48.7 Å². The minimum Gasteiger partial charge on any atom is -0.489 e. The molecule has 9 rings (SSSR count). The first-order chi connectivity index (χ1) is 32.6. The van der Waals surface area contributed by atoms with Gasteiger partial charge >= 0.3 is 0 Å². The van der Waals surface area contributed by atoms with Crippen LogP contribution in [0.3, 0.4) is 0 Å². The van der Waals surface area contributed by atoms with E-state index in [4.69, 9.17) is 16.3 Å². The maximum absolute atomic E-state index is 13.5. The number of anilines is 1. The third-order valence-corrected chi connectivity index (χ3v) is 15.3. The van der Waals surface area contributed by atoms with Crippen LogP contribution in [-0.4, -0.2) is 111 Å². The van der Waals surface area contributed by atoms with Crippen molar-refractivity contribution >= 4 is 51.8 Å². The van der Waals surface area contributed by atoms with Crippen molar-refractivity contribution < 1.29 is 23.9 Å². The molecule has 1 aliphatic carbocycles. The van der Waals surface area contributed by atoms with Gasteiger partial charge in [-0.1, -0.05) is 50.4 Å². The fourth-order valence-electron chi connectivity index (χ4n) is 11.2. The highest BCUT2D eigenvalue weighted by Gasteiger charge is 2.64. The maximum Gasteiger partial charge on any atom is 0.278 e. The topological polar surface area (TPSA) is 196 Å². The number of ether oxygens (including phenoxy) is 1. The van der Waals surface area contributed by atoms with Gasteiger partial charge in [-0.2, -0.15) is 9.94 Å². The molecule has 6 heterocycles. The minimum absolute atomic E-state index is 0.0975. The molecule has 4 aliphatic heterocycles. The lowest BCUT2D eigenvalue weighted by atomic mass is 9.49. The Morgan fingerprint density at radius 1 is 0.926 bits per heavy atom. The smallest absolute Gasteiger partial charge is 0.278 e. The Kier molecular flexibility index (Phi) is 13.0. The van der Waals surface area contributed by atoms with Gasteiger partial charge in [0.15, 0.2) is 0 Å². The SMILES string of the molecule is CC1(C)C(NC(=O)c2ccc(C#CCC3CCN(CC4CCN(C(=O)C5CN(c6ccc7nnn(C8CCC(=O)NC8=O)c(=O)c7c6)C5)CC4)CC3)nc2)C(C)(C)C1Oc1ccc(C#N)c(Cl)c1. The number of carbonyl (C=O) groups excluding carboxylic acids is 4. The van der Waals surface area contributed by atoms with Gasteiger partial charge in [0.1, 0.15) is 35.2 Å². The van der Waals surface area contributed by atoms with Crippen LogP contribution in [0.1, 0.15) is 100 Å². The lowest BCUT2D eigenvalue weighted by molar-refractivity contribution is -0.164. The number of imide groups is 1. The summed E-state index contributed by atoms with van der Waals surface area (Å²) >= 11 is 6.25. The van der Waals surface area contributed by atoms with E-state index >= 15 is 0 Å². The molecule has 0 bridgehead atoms. The Labute approximate surface area is 400 Å². The number of likely N-dealkylation sites (tertiary alicyclic amines) is 2. The summed E-state index contributed by atoms with van der Waals surface area (Å²) < 4.78 is 7.43. The van der Waals surface area contributed by atoms with E-state index in [1.165, 1.54) is 0 Å². The average molecular weight is 942 g/mol. The Bertz CT molecular complexity index is 2770. The lowest BCUT2D eigenvalue weighted by Gasteiger charge is -2.63. The molecule has 4 saturated heterocycles. The molecule has 2 N–H and O–H groups in total. The summed E-state index contributed by atoms with van der Waals surface area (Å²) in [5.41, 5.74) is 1.55. The molecule has 1 unspecified atom stereocenters. The van der Waals surface area contributed by atoms with Crippen molar-refractivity contribution in [3.8, 4) is 23.7 Å². The number of benzene rings is 2. The molecule has 5 fully saturated rings. The highest BCUT2D eigenvalue weighted by molar-refractivity contribution is 6.31. The van der Waals surface area contributed by atoms with Crippen molar-refractivity contribution in [2.75, 3.05) is 50.7 Å². The van der Waals surface area contributed by atoms with Crippen molar-refractivity contribution in [3.63, 3.8) is 0 Å². The summed E-state index contributed by atoms with van der Waals surface area (Å²) in [4.78, 5) is 75.5. The van der Waals surface area contributed by atoms with Crippen molar-refractivity contribution in [1.82, 2.24) is 40.4 Å². The number of carbonyl (C=O) groups is 4. The van der Waals surface area contributed by atoms with Gasteiger partial charge < -0.3 is 24.8 Å². The number of nitrogens with zero attached hydrogens (tertiary/aromatic N) is 8. The summed E-state index contributed by atoms with van der Waals surface area (Å²) in [6, 6.07) is 15.0. The Balaban J connectivity index is 0.676. The molecule has 4 amide bonds. The number of nitriles is 1. The Morgan fingerprint density at radius 3 is 2.34 bits per heavy atom. The molecular weight excluding hydrogens is 884 g/mol. The summed E-state index contributed by atoms with van der Waals surface area (Å²) in [7, 11) is 0. The molecule has 4 aromatic rings. The molecule has 5 aliphatic rings. The van der Waals surface area contributed by atoms with Gasteiger partial charge in [0.25, 0.3) is 17.4 Å². The van der Waals surface area contributed by atoms with Crippen LogP contribution in [0.25, 0.3) is 10.9 Å². The number of pyridine rings is 1. The third kappa shape index (κ3) is 9.41. The monoisotopic (exact) mass is 940 g/mol. The molecular formula is C51H57ClN10O6. The summed E-state index contributed by atoms with van der Waals surface area (Å²) in [5, 5.41) is 23.5. The van der Waals surface area contributed by atoms with Crippen molar-refractivity contribution in [1.29, 1.82) is 5.26 Å². The molecule has 0 radical (unpaired) electrons. The second kappa shape index (κ2) is 19.0. The number of fused-ring (bicyclic) bond motifs is 1. The standard InChI is InChI=1S/C51H57ClN10O6/c1-50(2)48(51(3,4)49(50)68-38-12-9-33(26-53)40(52)25-38)56-44(64)34-8-10-36(54-27-34)7-5-6-31-16-20-59(21-17-31)28-32-18-22-60(23-19-32)46(66)35-29-61(30-35)37-11-13-41-39(24-37)47(67)62(58-57-41)42-14-15-43(63)55-45(42)65/h8-13,24-25,27,31-32,35,42,48-49H,6,14-23,28-30H2,1-4H3,(H,56,64)(H,55,63,65). The number of aromatic nitrogens is 4. The normalized spacial score (nSPS) is 23.1. The van der Waals surface area contributed by atoms with Gasteiger partial charge in [-0.15, -0.1) is 5.10 Å². The van der Waals surface area contributed by atoms with E-state index in [0.717, 1.165) is 75.2 Å². The van der Waals surface area contributed by atoms with E-state index < -0.39 is 17.5 Å². The van der Waals surface area contributed by atoms with Crippen LogP contribution in [0.4, 0.5) is 5.69 Å². The van der Waals surface area contributed by atoms with Gasteiger partial charge in [-0.05, 0) is 105 Å². The molecule has 68 heavy (non-hydrogen) atoms. The number of rotatable bonds is 10. The zero-order chi connectivity index (χ0) is 47.9. The van der Waals surface area contributed by atoms with E-state index in [0.29, 0.717) is 63.4 Å². The molecule has 16 nitrogen and oxygen atoms in total. The van der Waals surface area contributed by atoms with Crippen LogP contribution >= 0.6 is 11.6 Å². The van der Waals surface area contributed by atoms with E-state index in [2.05, 4.69) is 81.3 Å². The second-order valence-electron chi connectivity index (χ2n) is 20.4. The van der Waals surface area contributed by atoms with Crippen LogP contribution in [0.5, 0.6) is 5.75 Å². The van der Waals surface area contributed by atoms with E-state index in [-0.39, 0.29) is 59.5 Å². The number of halogens is 1. The molecule has 354 valence electrons. The zero-order valence-electron chi connectivity index (χ0n) is 39.0. The van der Waals surface area contributed by atoms with Crippen LogP contribution in [0.2, 0.25) is 5.02 Å². The van der Waals surface area contributed by atoms with Gasteiger partial charge in [0.05, 0.1) is 27.5 Å². The summed E-state index contributed by atoms with van der Waals surface area (Å²) in [6.07, 6.45) is 6.70. The zero-order valence-corrected chi connectivity index (χ0v) is 39.7. The van der Waals surface area contributed by atoms with E-state index in [1.807, 2.05) is 11.0 Å². The summed E-state index contributed by atoms with van der Waals surface area (Å²) in [6.45, 7) is 14.1. The molecule has 1 saturated carbocycles. The van der Waals surface area contributed by atoms with Crippen LogP contribution in [0.15, 0.2) is 59.5 Å².